The second kappa shape index (κ2) is 11.9. The highest BCUT2D eigenvalue weighted by molar-refractivity contribution is 5.74. The summed E-state index contributed by atoms with van der Waals surface area (Å²) in [7, 11) is 1.52. The number of rotatable bonds is 15. The van der Waals surface area contributed by atoms with E-state index in [1.165, 1.54) is 31.0 Å². The Balaban J connectivity index is 1.38. The summed E-state index contributed by atoms with van der Waals surface area (Å²) in [6.07, 6.45) is 7.78. The second-order valence-corrected chi connectivity index (χ2v) is 8.34. The van der Waals surface area contributed by atoms with Gasteiger partial charge < -0.3 is 10.1 Å². The second-order valence-electron chi connectivity index (χ2n) is 8.34. The van der Waals surface area contributed by atoms with Crippen LogP contribution in [0.1, 0.15) is 56.6 Å². The van der Waals surface area contributed by atoms with Crippen LogP contribution < -0.4 is 26.3 Å². The number of hydrogen-bond donors (Lipinski definition) is 4. The van der Waals surface area contributed by atoms with E-state index in [0.717, 1.165) is 44.2 Å². The Kier molecular flexibility index (Phi) is 8.90. The maximum Gasteiger partial charge on any atom is 0.335 e. The molecule has 0 saturated heterocycles. The van der Waals surface area contributed by atoms with Gasteiger partial charge in [0.25, 0.3) is 0 Å². The topological polar surface area (TPSA) is 94.7 Å². The molecular weight excluding hydrogens is 401 g/mol. The number of hydrazine groups is 2. The van der Waals surface area contributed by atoms with E-state index in [0.29, 0.717) is 37.1 Å². The third-order valence-electron chi connectivity index (χ3n) is 5.69. The van der Waals surface area contributed by atoms with Crippen molar-refractivity contribution in [1.29, 1.82) is 0 Å². The van der Waals surface area contributed by atoms with Gasteiger partial charge in [-0.05, 0) is 68.1 Å². The van der Waals surface area contributed by atoms with Crippen LogP contribution >= 0.6 is 0 Å². The smallest absolute Gasteiger partial charge is 0.335 e. The van der Waals surface area contributed by atoms with Crippen molar-refractivity contribution in [2.75, 3.05) is 26.7 Å². The van der Waals surface area contributed by atoms with Crippen molar-refractivity contribution in [2.24, 2.45) is 11.8 Å². The monoisotopic (exact) mass is 435 g/mol. The van der Waals surface area contributed by atoms with Gasteiger partial charge in [-0.25, -0.2) is 14.2 Å². The first-order valence-electron chi connectivity index (χ1n) is 11.2. The number of hydrogen-bond acceptors (Lipinski definition) is 5. The fourth-order valence-corrected chi connectivity index (χ4v) is 3.48. The van der Waals surface area contributed by atoms with Gasteiger partial charge in [-0.1, -0.05) is 12.5 Å². The molecule has 2 aliphatic rings. The quantitative estimate of drug-likeness (QED) is 0.193. The van der Waals surface area contributed by atoms with Crippen molar-refractivity contribution < 1.29 is 18.7 Å². The van der Waals surface area contributed by atoms with Crippen molar-refractivity contribution in [3.63, 3.8) is 0 Å². The van der Waals surface area contributed by atoms with Gasteiger partial charge in [0, 0.05) is 26.2 Å². The molecule has 4 N–H and O–H groups in total. The summed E-state index contributed by atoms with van der Waals surface area (Å²) < 4.78 is 19.8. The maximum atomic E-state index is 14.1. The molecule has 0 heterocycles. The predicted molar refractivity (Wildman–Crippen MR) is 115 cm³/mol. The Morgan fingerprint density at radius 2 is 2.06 bits per heavy atom. The van der Waals surface area contributed by atoms with Gasteiger partial charge >= 0.3 is 6.03 Å². The molecular formula is C22H34FN5O3. The first-order valence-corrected chi connectivity index (χ1v) is 11.2. The summed E-state index contributed by atoms with van der Waals surface area (Å²) in [5.41, 5.74) is 10.1. The Bertz CT molecular complexity index is 727. The van der Waals surface area contributed by atoms with E-state index in [1.54, 1.807) is 0 Å². The third-order valence-corrected chi connectivity index (χ3v) is 5.69. The molecule has 1 aromatic carbocycles. The summed E-state index contributed by atoms with van der Waals surface area (Å²) in [6, 6.07) is 4.97. The number of ether oxygens (including phenoxy) is 1. The molecule has 2 aliphatic carbocycles. The molecule has 0 radical (unpaired) electrons. The molecule has 1 atom stereocenters. The lowest BCUT2D eigenvalue weighted by molar-refractivity contribution is -0.112. The Morgan fingerprint density at radius 1 is 1.26 bits per heavy atom. The Labute approximate surface area is 183 Å². The number of halogens is 1. The molecule has 31 heavy (non-hydrogen) atoms. The van der Waals surface area contributed by atoms with Gasteiger partial charge in [0.1, 0.15) is 0 Å². The number of unbranched alkanes of at least 4 members (excludes halogenated alkanes) is 2. The number of benzene rings is 1. The summed E-state index contributed by atoms with van der Waals surface area (Å²) in [5.74, 6) is 1.17. The molecule has 3 amide bonds. The lowest BCUT2D eigenvalue weighted by atomic mass is 10.0. The normalized spacial score (nSPS) is 16.5. The van der Waals surface area contributed by atoms with E-state index in [2.05, 4.69) is 21.6 Å². The number of amides is 3. The molecule has 9 heteroatoms. The number of nitrogens with one attached hydrogen (secondary N) is 4. The van der Waals surface area contributed by atoms with Crippen LogP contribution in [0, 0.1) is 17.7 Å². The van der Waals surface area contributed by atoms with Crippen LogP contribution in [0.25, 0.3) is 0 Å². The number of nitrogens with zero attached hydrogens (tertiary/aromatic N) is 1. The van der Waals surface area contributed by atoms with E-state index >= 15 is 0 Å². The predicted octanol–water partition coefficient (Wildman–Crippen LogP) is 2.63. The summed E-state index contributed by atoms with van der Waals surface area (Å²) in [6.45, 7) is 1.83. The standard InChI is InChI=1S/C22H34FN5O3/c1-24-22(30)28(26-15-29)12-4-2-3-11-25-27-21(17-7-8-17)18-9-10-19(23)20(13-18)31-14-16-5-6-16/h9-10,13,15-17,21,25,27H,2-8,11-12,14H2,1H3,(H,24,30)(H,26,29). The Morgan fingerprint density at radius 3 is 2.74 bits per heavy atom. The summed E-state index contributed by atoms with van der Waals surface area (Å²) in [5, 5.41) is 3.75. The molecule has 0 spiro atoms. The first kappa shape index (κ1) is 23.3. The minimum absolute atomic E-state index is 0.129. The third kappa shape index (κ3) is 7.66. The van der Waals surface area contributed by atoms with Crippen LogP contribution in [0.4, 0.5) is 9.18 Å². The largest absolute Gasteiger partial charge is 0.490 e. The molecule has 8 nitrogen and oxygen atoms in total. The van der Waals surface area contributed by atoms with Crippen LogP contribution in [0.3, 0.4) is 0 Å². The molecule has 0 aliphatic heterocycles. The summed E-state index contributed by atoms with van der Waals surface area (Å²) in [4.78, 5) is 22.2. The fraction of sp³-hybridized carbons (Fsp3) is 0.636. The minimum atomic E-state index is -0.334. The van der Waals surface area contributed by atoms with Crippen molar-refractivity contribution in [3.05, 3.63) is 29.6 Å². The van der Waals surface area contributed by atoms with Crippen LogP contribution in [-0.4, -0.2) is 44.2 Å². The van der Waals surface area contributed by atoms with Crippen molar-refractivity contribution in [2.45, 2.75) is 51.0 Å². The van der Waals surface area contributed by atoms with E-state index in [4.69, 9.17) is 4.74 Å². The zero-order chi connectivity index (χ0) is 22.1. The molecule has 1 aromatic rings. The van der Waals surface area contributed by atoms with E-state index in [9.17, 15) is 14.0 Å². The van der Waals surface area contributed by atoms with Gasteiger partial charge in [0.2, 0.25) is 6.41 Å². The average molecular weight is 436 g/mol. The summed E-state index contributed by atoms with van der Waals surface area (Å²) >= 11 is 0. The molecule has 2 saturated carbocycles. The molecule has 0 aromatic heterocycles. The lowest BCUT2D eigenvalue weighted by Crippen LogP contribution is -2.47. The van der Waals surface area contributed by atoms with Crippen LogP contribution in [0.15, 0.2) is 18.2 Å². The van der Waals surface area contributed by atoms with Crippen LogP contribution in [-0.2, 0) is 4.79 Å². The zero-order valence-electron chi connectivity index (χ0n) is 18.2. The lowest BCUT2D eigenvalue weighted by Gasteiger charge is -2.21. The average Bonchev–Trinajstić information content (AvgIpc) is 3.68. The van der Waals surface area contributed by atoms with Crippen LogP contribution in [0.5, 0.6) is 5.75 Å². The minimum Gasteiger partial charge on any atom is -0.490 e. The highest BCUT2D eigenvalue weighted by atomic mass is 19.1. The zero-order valence-corrected chi connectivity index (χ0v) is 18.2. The fourth-order valence-electron chi connectivity index (χ4n) is 3.48. The highest BCUT2D eigenvalue weighted by Gasteiger charge is 2.32. The van der Waals surface area contributed by atoms with E-state index in [-0.39, 0.29) is 17.9 Å². The van der Waals surface area contributed by atoms with Gasteiger partial charge in [0.15, 0.2) is 11.6 Å². The van der Waals surface area contributed by atoms with Gasteiger partial charge in [-0.3, -0.25) is 21.1 Å². The molecule has 2 fully saturated rings. The van der Waals surface area contributed by atoms with Crippen molar-refractivity contribution in [1.82, 2.24) is 26.6 Å². The molecule has 0 bridgehead atoms. The van der Waals surface area contributed by atoms with Gasteiger partial charge in [0.05, 0.1) is 6.61 Å². The molecule has 172 valence electrons. The Hall–Kier alpha value is -2.39. The van der Waals surface area contributed by atoms with E-state index in [1.807, 2.05) is 12.1 Å². The SMILES string of the molecule is CNC(=O)N(CCCCCNNC(c1ccc(F)c(OCC2CC2)c1)C1CC1)NC=O. The maximum absolute atomic E-state index is 14.1. The number of carbonyl (C=O) groups excluding carboxylic acids is 2. The van der Waals surface area contributed by atoms with Gasteiger partial charge in [-0.2, -0.15) is 0 Å². The van der Waals surface area contributed by atoms with Crippen molar-refractivity contribution >= 4 is 12.4 Å². The van der Waals surface area contributed by atoms with Gasteiger partial charge in [-0.15, -0.1) is 0 Å². The molecule has 1 unspecified atom stereocenters. The van der Waals surface area contributed by atoms with Crippen molar-refractivity contribution in [3.8, 4) is 5.75 Å². The number of carbonyl (C=O) groups is 2. The molecule has 3 rings (SSSR count). The first-order chi connectivity index (χ1) is 15.1. The van der Waals surface area contributed by atoms with Crippen LogP contribution in [0.2, 0.25) is 0 Å². The van der Waals surface area contributed by atoms with E-state index < -0.39 is 0 Å². The highest BCUT2D eigenvalue weighted by Crippen LogP contribution is 2.41. The number of urea groups is 1.